The van der Waals surface area contributed by atoms with Crippen LogP contribution < -0.4 is 0 Å². The van der Waals surface area contributed by atoms with Crippen LogP contribution in [0.5, 0.6) is 0 Å². The molecule has 0 aliphatic rings. The highest BCUT2D eigenvalue weighted by Crippen LogP contribution is 2.32. The number of para-hydroxylation sites is 6. The standard InChI is InChI=1S/C27H18N6/c1-2-8-20-19(7-1)28-25(29-20)16-13-17(26-30-21-9-3-4-10-22(21)31-26)15-18(14-16)27-32-23-11-5-6-12-24(23)33-27/h1-15H,(H,28,29)(H,30,31)(H,32,33). The van der Waals surface area contributed by atoms with Crippen molar-refractivity contribution >= 4 is 33.1 Å². The normalized spacial score (nSPS) is 11.6. The van der Waals surface area contributed by atoms with Crippen LogP contribution in [0.25, 0.3) is 67.3 Å². The van der Waals surface area contributed by atoms with Gasteiger partial charge in [0, 0.05) is 16.7 Å². The largest absolute Gasteiger partial charge is 0.338 e. The van der Waals surface area contributed by atoms with Gasteiger partial charge >= 0.3 is 0 Å². The van der Waals surface area contributed by atoms with Crippen LogP contribution in [0.15, 0.2) is 91.0 Å². The SMILES string of the molecule is c1ccc2[nH]c(-c3cc(-c4nc5ccccc5[nH]4)cc(-c4nc5ccccc5[nH]4)c3)nc2c1. The molecule has 0 amide bonds. The van der Waals surface area contributed by atoms with E-state index >= 15 is 0 Å². The molecule has 0 atom stereocenters. The van der Waals surface area contributed by atoms with E-state index in [-0.39, 0.29) is 0 Å². The first-order valence-electron chi connectivity index (χ1n) is 10.8. The Morgan fingerprint density at radius 3 is 1.00 bits per heavy atom. The van der Waals surface area contributed by atoms with Gasteiger partial charge in [-0.2, -0.15) is 0 Å². The highest BCUT2D eigenvalue weighted by Gasteiger charge is 2.14. The predicted molar refractivity (Wildman–Crippen MR) is 132 cm³/mol. The molecule has 0 radical (unpaired) electrons. The minimum atomic E-state index is 0.812. The Bertz CT molecular complexity index is 1460. The van der Waals surface area contributed by atoms with Crippen molar-refractivity contribution < 1.29 is 0 Å². The van der Waals surface area contributed by atoms with Crippen LogP contribution in [0.3, 0.4) is 0 Å². The van der Waals surface area contributed by atoms with Crippen LogP contribution in [0.2, 0.25) is 0 Å². The number of nitrogens with one attached hydrogen (secondary N) is 3. The monoisotopic (exact) mass is 426 g/mol. The Morgan fingerprint density at radius 1 is 0.394 bits per heavy atom. The van der Waals surface area contributed by atoms with Gasteiger partial charge in [0.2, 0.25) is 0 Å². The van der Waals surface area contributed by atoms with Gasteiger partial charge in [-0.25, -0.2) is 15.0 Å². The second kappa shape index (κ2) is 6.90. The predicted octanol–water partition coefficient (Wildman–Crippen LogP) is 6.32. The second-order valence-corrected chi connectivity index (χ2v) is 8.11. The molecule has 0 unspecified atom stereocenters. The van der Waals surface area contributed by atoms with Crippen LogP contribution in [0, 0.1) is 0 Å². The van der Waals surface area contributed by atoms with Crippen LogP contribution in [0.4, 0.5) is 0 Å². The summed E-state index contributed by atoms with van der Waals surface area (Å²) in [5.41, 5.74) is 8.75. The summed E-state index contributed by atoms with van der Waals surface area (Å²) in [4.78, 5) is 24.8. The van der Waals surface area contributed by atoms with Gasteiger partial charge in [-0.3, -0.25) is 0 Å². The molecule has 33 heavy (non-hydrogen) atoms. The van der Waals surface area contributed by atoms with Crippen molar-refractivity contribution in [2.24, 2.45) is 0 Å². The van der Waals surface area contributed by atoms with Gasteiger partial charge in [-0.15, -0.1) is 0 Å². The van der Waals surface area contributed by atoms with E-state index < -0.39 is 0 Å². The third-order valence-corrected chi connectivity index (χ3v) is 5.92. The topological polar surface area (TPSA) is 86.0 Å². The molecule has 6 nitrogen and oxygen atoms in total. The summed E-state index contributed by atoms with van der Waals surface area (Å²) >= 11 is 0. The van der Waals surface area contributed by atoms with E-state index in [4.69, 9.17) is 15.0 Å². The minimum absolute atomic E-state index is 0.812. The van der Waals surface area contributed by atoms with Crippen LogP contribution in [0.1, 0.15) is 0 Å². The zero-order valence-electron chi connectivity index (χ0n) is 17.5. The summed E-state index contributed by atoms with van der Waals surface area (Å²) in [6.07, 6.45) is 0. The minimum Gasteiger partial charge on any atom is -0.338 e. The van der Waals surface area contributed by atoms with E-state index in [1.807, 2.05) is 72.8 Å². The lowest BCUT2D eigenvalue weighted by atomic mass is 10.0. The van der Waals surface area contributed by atoms with Crippen molar-refractivity contribution in [3.63, 3.8) is 0 Å². The Morgan fingerprint density at radius 2 is 0.697 bits per heavy atom. The van der Waals surface area contributed by atoms with Crippen molar-refractivity contribution in [3.8, 4) is 34.2 Å². The Kier molecular flexibility index (Phi) is 3.75. The van der Waals surface area contributed by atoms with Gasteiger partial charge in [0.05, 0.1) is 33.1 Å². The first kappa shape index (κ1) is 17.9. The molecule has 3 aromatic heterocycles. The number of aromatic amines is 3. The number of aromatic nitrogens is 6. The molecular weight excluding hydrogens is 408 g/mol. The Labute approximate surface area is 188 Å². The lowest BCUT2D eigenvalue weighted by Crippen LogP contribution is -1.89. The van der Waals surface area contributed by atoms with Gasteiger partial charge in [-0.05, 0) is 54.6 Å². The molecule has 0 bridgehead atoms. The summed E-state index contributed by atoms with van der Waals surface area (Å²) < 4.78 is 0. The summed E-state index contributed by atoms with van der Waals surface area (Å²) in [6, 6.07) is 30.5. The van der Waals surface area contributed by atoms with Crippen LogP contribution in [-0.2, 0) is 0 Å². The average molecular weight is 426 g/mol. The number of rotatable bonds is 3. The van der Waals surface area contributed by atoms with Gasteiger partial charge in [-0.1, -0.05) is 36.4 Å². The maximum Gasteiger partial charge on any atom is 0.138 e. The number of H-pyrrole nitrogens is 3. The van der Waals surface area contributed by atoms with Crippen molar-refractivity contribution in [3.05, 3.63) is 91.0 Å². The quantitative estimate of drug-likeness (QED) is 0.309. The first-order chi connectivity index (χ1) is 16.3. The maximum absolute atomic E-state index is 4.82. The average Bonchev–Trinajstić information content (AvgIpc) is 3.59. The number of imidazole rings is 3. The van der Waals surface area contributed by atoms with E-state index in [0.717, 1.165) is 67.3 Å². The Hall–Kier alpha value is -4.71. The molecule has 0 aliphatic heterocycles. The maximum atomic E-state index is 4.82. The highest BCUT2D eigenvalue weighted by molar-refractivity contribution is 5.86. The smallest absolute Gasteiger partial charge is 0.138 e. The van der Waals surface area contributed by atoms with E-state index in [0.29, 0.717) is 0 Å². The zero-order chi connectivity index (χ0) is 21.8. The summed E-state index contributed by atoms with van der Waals surface area (Å²) in [7, 11) is 0. The molecule has 0 saturated heterocycles. The van der Waals surface area contributed by atoms with Crippen molar-refractivity contribution in [1.29, 1.82) is 0 Å². The number of hydrogen-bond acceptors (Lipinski definition) is 3. The fraction of sp³-hybridized carbons (Fsp3) is 0. The third-order valence-electron chi connectivity index (χ3n) is 5.92. The molecule has 6 heteroatoms. The number of fused-ring (bicyclic) bond motifs is 3. The van der Waals surface area contributed by atoms with Crippen LogP contribution in [-0.4, -0.2) is 29.9 Å². The van der Waals surface area contributed by atoms with Crippen molar-refractivity contribution in [1.82, 2.24) is 29.9 Å². The summed E-state index contributed by atoms with van der Waals surface area (Å²) in [5.74, 6) is 2.43. The van der Waals surface area contributed by atoms with Crippen molar-refractivity contribution in [2.75, 3.05) is 0 Å². The van der Waals surface area contributed by atoms with E-state index in [1.54, 1.807) is 0 Å². The molecule has 4 aromatic carbocycles. The summed E-state index contributed by atoms with van der Waals surface area (Å²) in [5, 5.41) is 0. The first-order valence-corrected chi connectivity index (χ1v) is 10.8. The van der Waals surface area contributed by atoms with Gasteiger partial charge < -0.3 is 15.0 Å². The fourth-order valence-electron chi connectivity index (χ4n) is 4.31. The molecule has 0 fully saturated rings. The van der Waals surface area contributed by atoms with E-state index in [1.165, 1.54) is 0 Å². The lowest BCUT2D eigenvalue weighted by molar-refractivity contribution is 1.29. The molecule has 156 valence electrons. The number of nitrogens with zero attached hydrogens (tertiary/aromatic N) is 3. The molecular formula is C27H18N6. The zero-order valence-corrected chi connectivity index (χ0v) is 17.5. The van der Waals surface area contributed by atoms with Gasteiger partial charge in [0.25, 0.3) is 0 Å². The Balaban J connectivity index is 1.46. The van der Waals surface area contributed by atoms with Crippen LogP contribution >= 0.6 is 0 Å². The van der Waals surface area contributed by atoms with E-state index in [2.05, 4.69) is 33.2 Å². The highest BCUT2D eigenvalue weighted by atomic mass is 14.9. The third kappa shape index (κ3) is 3.00. The fourth-order valence-corrected chi connectivity index (χ4v) is 4.31. The molecule has 0 saturated carbocycles. The number of hydrogen-bond donors (Lipinski definition) is 3. The van der Waals surface area contributed by atoms with Crippen molar-refractivity contribution in [2.45, 2.75) is 0 Å². The molecule has 7 aromatic rings. The summed E-state index contributed by atoms with van der Waals surface area (Å²) in [6.45, 7) is 0. The molecule has 3 N–H and O–H groups in total. The number of benzene rings is 4. The molecule has 3 heterocycles. The lowest BCUT2D eigenvalue weighted by Gasteiger charge is -2.06. The van der Waals surface area contributed by atoms with E-state index in [9.17, 15) is 0 Å². The van der Waals surface area contributed by atoms with Gasteiger partial charge in [0.15, 0.2) is 0 Å². The molecule has 0 spiro atoms. The molecule has 0 aliphatic carbocycles. The molecule has 7 rings (SSSR count). The second-order valence-electron chi connectivity index (χ2n) is 8.11. The van der Waals surface area contributed by atoms with Gasteiger partial charge in [0.1, 0.15) is 17.5 Å².